The van der Waals surface area contributed by atoms with E-state index < -0.39 is 21.4 Å². The van der Waals surface area contributed by atoms with Crippen molar-refractivity contribution in [3.63, 3.8) is 0 Å². The Morgan fingerprint density at radius 2 is 1.83 bits per heavy atom. The molecule has 0 spiro atoms. The molecule has 0 aliphatic heterocycles. The first-order valence-electron chi connectivity index (χ1n) is 3.48. The fraction of sp³-hybridized carbons (Fsp3) is 0.833. The molecule has 2 unspecified atom stereocenters. The van der Waals surface area contributed by atoms with Gasteiger partial charge in [0.25, 0.3) is 10.1 Å². The van der Waals surface area contributed by atoms with Crippen molar-refractivity contribution < 1.29 is 17.8 Å². The minimum Gasteiger partial charge on any atom is -0.353 e. The molecule has 0 aromatic rings. The average Bonchev–Trinajstić information content (AvgIpc) is 1.82. The van der Waals surface area contributed by atoms with Gasteiger partial charge in [-0.15, -0.1) is 0 Å². The van der Waals surface area contributed by atoms with E-state index in [0.29, 0.717) is 0 Å². The lowest BCUT2D eigenvalue weighted by Crippen LogP contribution is -2.42. The summed E-state index contributed by atoms with van der Waals surface area (Å²) in [6, 6.07) is -0.586. The number of carbonyl (C=O) groups excluding carboxylic acids is 1. The first-order valence-corrected chi connectivity index (χ1v) is 4.99. The molecule has 0 fully saturated rings. The van der Waals surface area contributed by atoms with Gasteiger partial charge in [0.15, 0.2) is 0 Å². The van der Waals surface area contributed by atoms with Crippen molar-refractivity contribution in [2.24, 2.45) is 0 Å². The van der Waals surface area contributed by atoms with E-state index in [1.54, 1.807) is 0 Å². The molecular weight excluding hydrogens is 182 g/mol. The van der Waals surface area contributed by atoms with E-state index in [-0.39, 0.29) is 5.91 Å². The van der Waals surface area contributed by atoms with Gasteiger partial charge < -0.3 is 5.32 Å². The van der Waals surface area contributed by atoms with Gasteiger partial charge in [-0.1, -0.05) is 0 Å². The highest BCUT2D eigenvalue weighted by Gasteiger charge is 2.24. The first kappa shape index (κ1) is 11.4. The quantitative estimate of drug-likeness (QED) is 0.610. The molecule has 2 atom stereocenters. The van der Waals surface area contributed by atoms with Crippen molar-refractivity contribution in [1.82, 2.24) is 5.32 Å². The topological polar surface area (TPSA) is 83.5 Å². The second-order valence-electron chi connectivity index (χ2n) is 2.71. The van der Waals surface area contributed by atoms with Gasteiger partial charge in [0.1, 0.15) is 5.25 Å². The highest BCUT2D eigenvalue weighted by Crippen LogP contribution is 2.02. The Morgan fingerprint density at radius 1 is 1.42 bits per heavy atom. The van der Waals surface area contributed by atoms with Crippen molar-refractivity contribution in [2.45, 2.75) is 32.1 Å². The molecule has 2 N–H and O–H groups in total. The first-order chi connectivity index (χ1) is 5.25. The van der Waals surface area contributed by atoms with Crippen LogP contribution in [0, 0.1) is 0 Å². The Kier molecular flexibility index (Phi) is 3.66. The molecule has 0 aliphatic rings. The van der Waals surface area contributed by atoms with E-state index in [2.05, 4.69) is 5.32 Å². The van der Waals surface area contributed by atoms with E-state index >= 15 is 0 Å². The van der Waals surface area contributed by atoms with Crippen LogP contribution in [0.15, 0.2) is 0 Å². The minimum absolute atomic E-state index is 0.321. The van der Waals surface area contributed by atoms with Crippen molar-refractivity contribution in [1.29, 1.82) is 0 Å². The van der Waals surface area contributed by atoms with E-state index in [0.717, 1.165) is 0 Å². The average molecular weight is 195 g/mol. The van der Waals surface area contributed by atoms with Crippen molar-refractivity contribution in [2.75, 3.05) is 0 Å². The van der Waals surface area contributed by atoms with Crippen LogP contribution in [0.5, 0.6) is 0 Å². The van der Waals surface area contributed by atoms with Crippen LogP contribution in [0.3, 0.4) is 0 Å². The Labute approximate surface area is 71.9 Å². The summed E-state index contributed by atoms with van der Waals surface area (Å²) < 4.78 is 29.7. The van der Waals surface area contributed by atoms with Gasteiger partial charge in [0.2, 0.25) is 5.91 Å². The van der Waals surface area contributed by atoms with Crippen LogP contribution >= 0.6 is 0 Å². The number of amides is 1. The van der Waals surface area contributed by atoms with Crippen LogP contribution in [0.1, 0.15) is 20.8 Å². The lowest BCUT2D eigenvalue weighted by atomic mass is 10.2. The smallest absolute Gasteiger partial charge is 0.269 e. The van der Waals surface area contributed by atoms with Gasteiger partial charge >= 0.3 is 0 Å². The van der Waals surface area contributed by atoms with E-state index in [4.69, 9.17) is 4.55 Å². The summed E-state index contributed by atoms with van der Waals surface area (Å²) in [6.45, 7) is 4.13. The highest BCUT2D eigenvalue weighted by molar-refractivity contribution is 7.86. The number of carbonyl (C=O) groups is 1. The second kappa shape index (κ2) is 3.86. The van der Waals surface area contributed by atoms with Gasteiger partial charge in [-0.25, -0.2) is 0 Å². The number of hydrogen-bond donors (Lipinski definition) is 2. The van der Waals surface area contributed by atoms with Crippen LogP contribution in [0.25, 0.3) is 0 Å². The van der Waals surface area contributed by atoms with Crippen LogP contribution in [-0.4, -0.2) is 30.2 Å². The van der Waals surface area contributed by atoms with Crippen molar-refractivity contribution >= 4 is 16.0 Å². The largest absolute Gasteiger partial charge is 0.353 e. The maximum atomic E-state index is 10.6. The van der Waals surface area contributed by atoms with Crippen LogP contribution in [0.2, 0.25) is 0 Å². The zero-order valence-electron chi connectivity index (χ0n) is 7.23. The molecule has 0 heterocycles. The summed E-state index contributed by atoms with van der Waals surface area (Å²) in [7, 11) is -4.06. The van der Waals surface area contributed by atoms with Gasteiger partial charge in [0.05, 0.1) is 0 Å². The Morgan fingerprint density at radius 3 is 2.08 bits per heavy atom. The number of nitrogens with one attached hydrogen (secondary N) is 1. The summed E-state index contributed by atoms with van der Waals surface area (Å²) in [5.74, 6) is -0.321. The molecule has 12 heavy (non-hydrogen) atoms. The molecular formula is C6H13NO4S. The highest BCUT2D eigenvalue weighted by atomic mass is 32.2. The predicted molar refractivity (Wildman–Crippen MR) is 44.3 cm³/mol. The molecule has 0 saturated heterocycles. The molecule has 5 nitrogen and oxygen atoms in total. The van der Waals surface area contributed by atoms with Gasteiger partial charge in [-0.3, -0.25) is 9.35 Å². The Balaban J connectivity index is 4.30. The fourth-order valence-corrected chi connectivity index (χ4v) is 1.28. The molecule has 0 bridgehead atoms. The maximum absolute atomic E-state index is 10.6. The SMILES string of the molecule is CC(=O)NC(C)C(C)S(=O)(=O)O. The summed E-state index contributed by atoms with van der Waals surface area (Å²) in [5, 5.41) is 1.39. The maximum Gasteiger partial charge on any atom is 0.269 e. The number of hydrogen-bond acceptors (Lipinski definition) is 3. The van der Waals surface area contributed by atoms with E-state index in [9.17, 15) is 13.2 Å². The molecule has 0 aromatic carbocycles. The molecule has 72 valence electrons. The van der Waals surface area contributed by atoms with Crippen LogP contribution < -0.4 is 5.32 Å². The predicted octanol–water partition coefficient (Wildman–Crippen LogP) is -0.213. The van der Waals surface area contributed by atoms with Crippen LogP contribution in [-0.2, 0) is 14.9 Å². The lowest BCUT2D eigenvalue weighted by Gasteiger charge is -2.17. The summed E-state index contributed by atoms with van der Waals surface area (Å²) in [5.41, 5.74) is 0. The summed E-state index contributed by atoms with van der Waals surface area (Å²) in [6.07, 6.45) is 0. The van der Waals surface area contributed by atoms with E-state index in [1.807, 2.05) is 0 Å². The monoisotopic (exact) mass is 195 g/mol. The second-order valence-corrected chi connectivity index (χ2v) is 4.48. The Hall–Kier alpha value is -0.620. The molecule has 0 rings (SSSR count). The third-order valence-corrected chi connectivity index (χ3v) is 2.95. The lowest BCUT2D eigenvalue weighted by molar-refractivity contribution is -0.119. The molecule has 0 aliphatic carbocycles. The zero-order valence-corrected chi connectivity index (χ0v) is 8.05. The third kappa shape index (κ3) is 3.68. The Bertz CT molecular complexity index is 259. The molecule has 6 heteroatoms. The summed E-state index contributed by atoms with van der Waals surface area (Å²) in [4.78, 5) is 10.5. The van der Waals surface area contributed by atoms with Crippen molar-refractivity contribution in [3.05, 3.63) is 0 Å². The van der Waals surface area contributed by atoms with Crippen molar-refractivity contribution in [3.8, 4) is 0 Å². The standard InChI is InChI=1S/C6H13NO4S/c1-4(7-6(3)8)5(2)12(9,10)11/h4-5H,1-3H3,(H,7,8)(H,9,10,11). The molecule has 0 radical (unpaired) electrons. The normalized spacial score (nSPS) is 16.7. The molecule has 1 amide bonds. The van der Waals surface area contributed by atoms with Gasteiger partial charge in [0, 0.05) is 13.0 Å². The van der Waals surface area contributed by atoms with E-state index in [1.165, 1.54) is 20.8 Å². The zero-order chi connectivity index (χ0) is 9.94. The van der Waals surface area contributed by atoms with Crippen LogP contribution in [0.4, 0.5) is 0 Å². The third-order valence-electron chi connectivity index (χ3n) is 1.60. The summed E-state index contributed by atoms with van der Waals surface area (Å²) >= 11 is 0. The molecule has 0 saturated carbocycles. The molecule has 0 aromatic heterocycles. The minimum atomic E-state index is -4.06. The van der Waals surface area contributed by atoms with Gasteiger partial charge in [-0.05, 0) is 13.8 Å². The number of rotatable bonds is 3. The van der Waals surface area contributed by atoms with Gasteiger partial charge in [-0.2, -0.15) is 8.42 Å². The fourth-order valence-electron chi connectivity index (χ4n) is 0.696.